The van der Waals surface area contributed by atoms with Crippen LogP contribution in [0.4, 0.5) is 0 Å². The van der Waals surface area contributed by atoms with Crippen molar-refractivity contribution in [2.45, 2.75) is 0 Å². The average Bonchev–Trinajstić information content (AvgIpc) is 2.91. The van der Waals surface area contributed by atoms with Crippen molar-refractivity contribution in [3.8, 4) is 33.8 Å². The molecule has 35 heavy (non-hydrogen) atoms. The van der Waals surface area contributed by atoms with Crippen molar-refractivity contribution in [3.63, 3.8) is 0 Å². The number of methoxy groups -OCH3 is 1. The van der Waals surface area contributed by atoms with Gasteiger partial charge in [0.25, 0.3) is 0 Å². The molecule has 0 atom stereocenters. The first-order valence-corrected chi connectivity index (χ1v) is 11.1. The number of ketones is 1. The molecule has 172 valence electrons. The maximum atomic E-state index is 12.7. The fraction of sp³-hybridized carbons (Fsp3) is 0.0667. The minimum atomic E-state index is -0.463. The third-order valence-electron chi connectivity index (χ3n) is 5.80. The first-order valence-electron chi connectivity index (χ1n) is 11.1. The molecule has 0 aliphatic rings. The Hall–Kier alpha value is -4.64. The number of hydrogen-bond acceptors (Lipinski definition) is 5. The van der Waals surface area contributed by atoms with E-state index >= 15 is 0 Å². The van der Waals surface area contributed by atoms with Crippen LogP contribution >= 0.6 is 0 Å². The van der Waals surface area contributed by atoms with E-state index in [0.717, 1.165) is 33.4 Å². The summed E-state index contributed by atoms with van der Waals surface area (Å²) in [6.45, 7) is -0.126. The number of ether oxygens (including phenoxy) is 2. The summed E-state index contributed by atoms with van der Waals surface area (Å²) in [6.07, 6.45) is 0. The second-order valence-electron chi connectivity index (χ2n) is 8.02. The Labute approximate surface area is 202 Å². The topological polar surface area (TPSA) is 65.7 Å². The number of rotatable bonds is 7. The maximum Gasteiger partial charge on any atom is 0.336 e. The second-order valence-corrected chi connectivity index (χ2v) is 8.02. The summed E-state index contributed by atoms with van der Waals surface area (Å²) in [5.41, 5.74) is 4.25. The van der Waals surface area contributed by atoms with Gasteiger partial charge >= 0.3 is 5.63 Å². The fourth-order valence-electron chi connectivity index (χ4n) is 3.95. The molecule has 0 spiro atoms. The van der Waals surface area contributed by atoms with Crippen LogP contribution in [-0.2, 0) is 0 Å². The van der Waals surface area contributed by atoms with Crippen LogP contribution in [0.25, 0.3) is 33.2 Å². The Morgan fingerprint density at radius 2 is 1.40 bits per heavy atom. The molecular weight excluding hydrogens is 440 g/mol. The van der Waals surface area contributed by atoms with E-state index in [4.69, 9.17) is 13.9 Å². The van der Waals surface area contributed by atoms with Gasteiger partial charge in [-0.1, -0.05) is 66.7 Å². The van der Waals surface area contributed by atoms with Crippen molar-refractivity contribution in [1.29, 1.82) is 0 Å². The summed E-state index contributed by atoms with van der Waals surface area (Å²) in [4.78, 5) is 24.9. The zero-order valence-electron chi connectivity index (χ0n) is 19.1. The van der Waals surface area contributed by atoms with Crippen molar-refractivity contribution < 1.29 is 18.7 Å². The van der Waals surface area contributed by atoms with Gasteiger partial charge in [0.2, 0.25) is 0 Å². The highest BCUT2D eigenvalue weighted by molar-refractivity contribution is 5.98. The van der Waals surface area contributed by atoms with Gasteiger partial charge in [-0.05, 0) is 46.5 Å². The van der Waals surface area contributed by atoms with Crippen molar-refractivity contribution >= 4 is 16.8 Å². The summed E-state index contributed by atoms with van der Waals surface area (Å²) in [7, 11) is 1.60. The van der Waals surface area contributed by atoms with E-state index in [1.807, 2.05) is 72.8 Å². The molecular formula is C30H22O5. The fourth-order valence-corrected chi connectivity index (χ4v) is 3.95. The number of benzene rings is 4. The molecule has 5 heteroatoms. The Balaban J connectivity index is 1.33. The molecule has 0 radical (unpaired) electrons. The van der Waals surface area contributed by atoms with Gasteiger partial charge in [0, 0.05) is 23.1 Å². The lowest BCUT2D eigenvalue weighted by Gasteiger charge is -2.10. The Morgan fingerprint density at radius 3 is 2.11 bits per heavy atom. The highest BCUT2D eigenvalue weighted by Gasteiger charge is 2.12. The highest BCUT2D eigenvalue weighted by Crippen LogP contribution is 2.31. The van der Waals surface area contributed by atoms with Gasteiger partial charge in [-0.3, -0.25) is 4.79 Å². The quantitative estimate of drug-likeness (QED) is 0.207. The molecule has 0 bridgehead atoms. The molecule has 5 aromatic rings. The summed E-state index contributed by atoms with van der Waals surface area (Å²) < 4.78 is 16.4. The third kappa shape index (κ3) is 4.84. The smallest absolute Gasteiger partial charge is 0.336 e. The van der Waals surface area contributed by atoms with Gasteiger partial charge in [0.15, 0.2) is 12.4 Å². The molecule has 4 aromatic carbocycles. The van der Waals surface area contributed by atoms with Crippen LogP contribution in [0.15, 0.2) is 112 Å². The van der Waals surface area contributed by atoms with E-state index in [9.17, 15) is 9.59 Å². The van der Waals surface area contributed by atoms with Crippen LogP contribution in [0.5, 0.6) is 11.5 Å². The van der Waals surface area contributed by atoms with E-state index in [-0.39, 0.29) is 12.4 Å². The molecule has 0 unspecified atom stereocenters. The molecule has 0 N–H and O–H groups in total. The van der Waals surface area contributed by atoms with Crippen LogP contribution in [0.1, 0.15) is 10.4 Å². The first-order chi connectivity index (χ1) is 17.1. The highest BCUT2D eigenvalue weighted by atomic mass is 16.5. The van der Waals surface area contributed by atoms with Gasteiger partial charge in [-0.25, -0.2) is 4.79 Å². The lowest BCUT2D eigenvalue weighted by molar-refractivity contribution is 0.0921. The Bertz CT molecular complexity index is 1530. The molecule has 1 heterocycles. The average molecular weight is 463 g/mol. The zero-order chi connectivity index (χ0) is 24.2. The van der Waals surface area contributed by atoms with Crippen molar-refractivity contribution in [1.82, 2.24) is 0 Å². The normalized spacial score (nSPS) is 10.8. The van der Waals surface area contributed by atoms with Crippen LogP contribution in [0, 0.1) is 0 Å². The number of carbonyl (C=O) groups is 1. The van der Waals surface area contributed by atoms with E-state index in [2.05, 4.69) is 0 Å². The summed E-state index contributed by atoms with van der Waals surface area (Å²) >= 11 is 0. The minimum absolute atomic E-state index is 0.126. The Morgan fingerprint density at radius 1 is 0.743 bits per heavy atom. The first kappa shape index (κ1) is 22.2. The summed E-state index contributed by atoms with van der Waals surface area (Å²) in [5.74, 6) is 1.04. The van der Waals surface area contributed by atoms with E-state index in [0.29, 0.717) is 16.9 Å². The minimum Gasteiger partial charge on any atom is -0.497 e. The van der Waals surface area contributed by atoms with Crippen LogP contribution in [0.3, 0.4) is 0 Å². The zero-order valence-corrected chi connectivity index (χ0v) is 19.1. The van der Waals surface area contributed by atoms with E-state index in [1.54, 1.807) is 31.4 Å². The molecule has 5 nitrogen and oxygen atoms in total. The van der Waals surface area contributed by atoms with Crippen LogP contribution in [0.2, 0.25) is 0 Å². The predicted molar refractivity (Wildman–Crippen MR) is 136 cm³/mol. The van der Waals surface area contributed by atoms with Gasteiger partial charge in [0.1, 0.15) is 17.1 Å². The van der Waals surface area contributed by atoms with Gasteiger partial charge in [-0.2, -0.15) is 0 Å². The third-order valence-corrected chi connectivity index (χ3v) is 5.80. The molecule has 0 fully saturated rings. The van der Waals surface area contributed by atoms with E-state index in [1.165, 1.54) is 6.07 Å². The molecule has 0 saturated carbocycles. The number of fused-ring (bicyclic) bond motifs is 1. The lowest BCUT2D eigenvalue weighted by Crippen LogP contribution is -2.11. The van der Waals surface area contributed by atoms with E-state index < -0.39 is 5.63 Å². The molecule has 1 aromatic heterocycles. The largest absolute Gasteiger partial charge is 0.497 e. The maximum absolute atomic E-state index is 12.7. The predicted octanol–water partition coefficient (Wildman–Crippen LogP) is 6.40. The standard InChI is InChI=1S/C30H22O5/c1-33-24-13-11-22(12-14-24)27-18-30(32)35-29-17-25(15-16-26(27)29)34-19-28(31)23-9-7-21(8-10-23)20-5-3-2-4-6-20/h2-18H,19H2,1H3. The van der Waals surface area contributed by atoms with Crippen molar-refractivity contribution in [2.75, 3.05) is 13.7 Å². The Kier molecular flexibility index (Phi) is 6.14. The SMILES string of the molecule is COc1ccc(-c2cc(=O)oc3cc(OCC(=O)c4ccc(-c5ccccc5)cc4)ccc23)cc1. The van der Waals surface area contributed by atoms with Crippen molar-refractivity contribution in [3.05, 3.63) is 119 Å². The van der Waals surface area contributed by atoms with Crippen LogP contribution < -0.4 is 15.1 Å². The summed E-state index contributed by atoms with van der Waals surface area (Å²) in [6, 6.07) is 31.6. The molecule has 0 saturated heterocycles. The number of carbonyl (C=O) groups excluding carboxylic acids is 1. The lowest BCUT2D eigenvalue weighted by atomic mass is 10.0. The van der Waals surface area contributed by atoms with Crippen molar-refractivity contribution in [2.24, 2.45) is 0 Å². The summed E-state index contributed by atoms with van der Waals surface area (Å²) in [5, 5.41) is 0.768. The van der Waals surface area contributed by atoms with Crippen LogP contribution in [-0.4, -0.2) is 19.5 Å². The molecule has 5 rings (SSSR count). The van der Waals surface area contributed by atoms with Gasteiger partial charge in [0.05, 0.1) is 7.11 Å². The molecule has 0 amide bonds. The molecule has 0 aliphatic heterocycles. The number of Topliss-reactive ketones (excluding diaryl/α,β-unsaturated/α-hetero) is 1. The number of hydrogen-bond donors (Lipinski definition) is 0. The monoisotopic (exact) mass is 462 g/mol. The van der Waals surface area contributed by atoms with Gasteiger partial charge in [-0.15, -0.1) is 0 Å². The van der Waals surface area contributed by atoms with Gasteiger partial charge < -0.3 is 13.9 Å². The second kappa shape index (κ2) is 9.69. The molecule has 0 aliphatic carbocycles.